The quantitative estimate of drug-likeness (QED) is 0.400. The fourth-order valence-electron chi connectivity index (χ4n) is 2.12. The Labute approximate surface area is 164 Å². The fourth-order valence-corrected chi connectivity index (χ4v) is 2.12. The second-order valence-electron chi connectivity index (χ2n) is 5.84. The molecule has 0 saturated heterocycles. The Hall–Kier alpha value is -3.50. The Morgan fingerprint density at radius 3 is 2.48 bits per heavy atom. The predicted molar refractivity (Wildman–Crippen MR) is 98.5 cm³/mol. The van der Waals surface area contributed by atoms with Crippen LogP contribution >= 0.6 is 0 Å². The van der Waals surface area contributed by atoms with Crippen molar-refractivity contribution in [3.05, 3.63) is 65.8 Å². The van der Waals surface area contributed by atoms with Gasteiger partial charge in [-0.2, -0.15) is 13.2 Å². The molecule has 1 atom stereocenters. The third-order valence-electron chi connectivity index (χ3n) is 3.49. The Kier molecular flexibility index (Phi) is 7.63. The Balaban J connectivity index is 1.81. The topological polar surface area (TPSA) is 101 Å². The van der Waals surface area contributed by atoms with Crippen LogP contribution in [0.2, 0.25) is 0 Å². The summed E-state index contributed by atoms with van der Waals surface area (Å²) in [6, 6.07) is 5.46. The van der Waals surface area contributed by atoms with E-state index in [-0.39, 0.29) is 17.9 Å². The van der Waals surface area contributed by atoms with Crippen LogP contribution in [0.15, 0.2) is 65.1 Å². The number of alkyl halides is 3. The average Bonchev–Trinajstić information content (AvgIpc) is 2.67. The number of anilines is 1. The number of nitrogens with zero attached hydrogens (tertiary/aromatic N) is 4. The summed E-state index contributed by atoms with van der Waals surface area (Å²) in [5, 5.41) is 12.3. The van der Waals surface area contributed by atoms with E-state index in [2.05, 4.69) is 31.0 Å². The zero-order valence-electron chi connectivity index (χ0n) is 15.6. The maximum atomic E-state index is 12.6. The lowest BCUT2D eigenvalue weighted by molar-refractivity contribution is -0.137. The van der Waals surface area contributed by atoms with Crippen molar-refractivity contribution in [1.29, 1.82) is 0 Å². The number of allylic oxidation sites excluding steroid dienone is 1. The van der Waals surface area contributed by atoms with Crippen LogP contribution in [0.4, 0.5) is 23.9 Å². The molecular formula is C18H19F3N6O2. The van der Waals surface area contributed by atoms with E-state index >= 15 is 0 Å². The molecule has 11 heteroatoms. The molecule has 0 spiro atoms. The van der Waals surface area contributed by atoms with Crippen LogP contribution in [0.5, 0.6) is 0 Å². The summed E-state index contributed by atoms with van der Waals surface area (Å²) in [6.45, 7) is 3.35. The largest absolute Gasteiger partial charge is 0.416 e. The molecule has 0 radical (unpaired) electrons. The molecule has 0 aliphatic carbocycles. The monoisotopic (exact) mass is 408 g/mol. The van der Waals surface area contributed by atoms with E-state index in [1.807, 2.05) is 0 Å². The first-order chi connectivity index (χ1) is 13.8. The molecule has 2 amide bonds. The second kappa shape index (κ2) is 10.2. The highest BCUT2D eigenvalue weighted by molar-refractivity contribution is 5.88. The smallest absolute Gasteiger partial charge is 0.321 e. The third kappa shape index (κ3) is 7.56. The molecule has 154 valence electrons. The molecular weight excluding hydrogens is 389 g/mol. The summed E-state index contributed by atoms with van der Waals surface area (Å²) in [4.78, 5) is 24.6. The van der Waals surface area contributed by atoms with Gasteiger partial charge in [-0.1, -0.05) is 12.1 Å². The molecule has 0 aliphatic rings. The zero-order chi connectivity index (χ0) is 21.3. The highest BCUT2D eigenvalue weighted by atomic mass is 19.4. The molecule has 29 heavy (non-hydrogen) atoms. The van der Waals surface area contributed by atoms with Crippen molar-refractivity contribution in [3.63, 3.8) is 0 Å². The first-order valence-corrected chi connectivity index (χ1v) is 8.52. The van der Waals surface area contributed by atoms with Gasteiger partial charge in [-0.3, -0.25) is 10.6 Å². The van der Waals surface area contributed by atoms with Gasteiger partial charge >= 0.3 is 12.2 Å². The molecule has 2 N–H and O–H groups in total. The number of hydrogen-bond donors (Lipinski definition) is 2. The van der Waals surface area contributed by atoms with Gasteiger partial charge in [0.25, 0.3) is 0 Å². The Bertz CT molecular complexity index is 854. The number of benzene rings is 1. The summed E-state index contributed by atoms with van der Waals surface area (Å²) in [5.41, 5.74) is -0.0297. The van der Waals surface area contributed by atoms with Crippen LogP contribution in [-0.2, 0) is 17.4 Å². The summed E-state index contributed by atoms with van der Waals surface area (Å²) in [7, 11) is 0. The Morgan fingerprint density at radius 1 is 1.24 bits per heavy atom. The normalized spacial score (nSPS) is 13.2. The van der Waals surface area contributed by atoms with Crippen LogP contribution in [-0.4, -0.2) is 22.0 Å². The van der Waals surface area contributed by atoms with Crippen LogP contribution in [0.3, 0.4) is 0 Å². The molecule has 1 unspecified atom stereocenters. The molecule has 1 aromatic heterocycles. The van der Waals surface area contributed by atoms with Gasteiger partial charge in [-0.25, -0.2) is 14.8 Å². The minimum Gasteiger partial charge on any atom is -0.321 e. The minimum absolute atomic E-state index is 0.0314. The number of hydrogen-bond acceptors (Lipinski definition) is 6. The number of halogens is 3. The van der Waals surface area contributed by atoms with E-state index in [0.29, 0.717) is 12.0 Å². The van der Waals surface area contributed by atoms with E-state index < -0.39 is 17.8 Å². The maximum absolute atomic E-state index is 12.6. The number of aromatic nitrogens is 2. The van der Waals surface area contributed by atoms with Crippen molar-refractivity contribution in [2.75, 3.05) is 5.32 Å². The summed E-state index contributed by atoms with van der Waals surface area (Å²) in [6.07, 6.45) is 0.414. The molecule has 0 saturated carbocycles. The Morgan fingerprint density at radius 2 is 1.90 bits per heavy atom. The van der Waals surface area contributed by atoms with Crippen LogP contribution in [0.1, 0.15) is 25.0 Å². The van der Waals surface area contributed by atoms with Crippen molar-refractivity contribution in [1.82, 2.24) is 15.3 Å². The van der Waals surface area contributed by atoms with Crippen molar-refractivity contribution in [3.8, 4) is 0 Å². The standard InChI is InChI=1S/C18H19F3N6O2/c1-3-15(24-17(28)25-16-22-9-4-10-23-16)29-27-26-12(2)11-13-5-7-14(8-6-13)18(19,20)21/h3-10,12H,11H2,1-2H3,(H2,22,23,24,25,28)/b15-3-,27-26?. The van der Waals surface area contributed by atoms with Gasteiger partial charge in [-0.05, 0) is 50.1 Å². The molecule has 8 nitrogen and oxygen atoms in total. The number of rotatable bonds is 7. The van der Waals surface area contributed by atoms with Crippen LogP contribution in [0.25, 0.3) is 0 Å². The first kappa shape index (κ1) is 21.8. The lowest BCUT2D eigenvalue weighted by Crippen LogP contribution is -2.29. The van der Waals surface area contributed by atoms with Crippen molar-refractivity contribution in [2.24, 2.45) is 10.4 Å². The number of amides is 2. The van der Waals surface area contributed by atoms with Crippen molar-refractivity contribution < 1.29 is 22.8 Å². The lowest BCUT2D eigenvalue weighted by atomic mass is 10.1. The number of nitrogens with one attached hydrogen (secondary N) is 2. The van der Waals surface area contributed by atoms with Gasteiger partial charge < -0.3 is 4.84 Å². The zero-order valence-corrected chi connectivity index (χ0v) is 15.6. The van der Waals surface area contributed by atoms with E-state index in [4.69, 9.17) is 4.84 Å². The highest BCUT2D eigenvalue weighted by Gasteiger charge is 2.29. The number of carbonyl (C=O) groups is 1. The highest BCUT2D eigenvalue weighted by Crippen LogP contribution is 2.29. The van der Waals surface area contributed by atoms with Crippen molar-refractivity contribution in [2.45, 2.75) is 32.5 Å². The van der Waals surface area contributed by atoms with Gasteiger partial charge in [0.1, 0.15) is 0 Å². The summed E-state index contributed by atoms with van der Waals surface area (Å²) >= 11 is 0. The molecule has 2 rings (SSSR count). The van der Waals surface area contributed by atoms with Crippen LogP contribution in [0, 0.1) is 0 Å². The van der Waals surface area contributed by atoms with Crippen molar-refractivity contribution >= 4 is 12.0 Å². The van der Waals surface area contributed by atoms with E-state index in [0.717, 1.165) is 12.1 Å². The van der Waals surface area contributed by atoms with Gasteiger partial charge in [0.05, 0.1) is 11.6 Å². The minimum atomic E-state index is -4.37. The predicted octanol–water partition coefficient (Wildman–Crippen LogP) is 4.49. The van der Waals surface area contributed by atoms with Gasteiger partial charge in [0.15, 0.2) is 0 Å². The first-order valence-electron chi connectivity index (χ1n) is 8.52. The van der Waals surface area contributed by atoms with E-state index in [1.54, 1.807) is 19.9 Å². The summed E-state index contributed by atoms with van der Waals surface area (Å²) in [5.74, 6) is 0.149. The second-order valence-corrected chi connectivity index (χ2v) is 5.84. The van der Waals surface area contributed by atoms with Gasteiger partial charge in [0.2, 0.25) is 11.8 Å². The molecule has 1 aromatic carbocycles. The average molecular weight is 408 g/mol. The van der Waals surface area contributed by atoms with Gasteiger partial charge in [-0.15, -0.1) is 5.11 Å². The molecule has 0 fully saturated rings. The molecule has 0 bridgehead atoms. The van der Waals surface area contributed by atoms with Crippen LogP contribution < -0.4 is 10.6 Å². The maximum Gasteiger partial charge on any atom is 0.416 e. The van der Waals surface area contributed by atoms with E-state index in [1.165, 1.54) is 30.6 Å². The SMILES string of the molecule is C/C=C(/NC(=O)Nc1ncccn1)ON=NC(C)Cc1ccc(C(F)(F)F)cc1. The third-order valence-corrected chi connectivity index (χ3v) is 3.49. The molecule has 0 aliphatic heterocycles. The lowest BCUT2D eigenvalue weighted by Gasteiger charge is -2.09. The fraction of sp³-hybridized carbons (Fsp3) is 0.278. The number of urea groups is 1. The number of carbonyl (C=O) groups excluding carboxylic acids is 1. The van der Waals surface area contributed by atoms with E-state index in [9.17, 15) is 18.0 Å². The molecule has 2 aromatic rings. The molecule has 1 heterocycles. The van der Waals surface area contributed by atoms with Gasteiger partial charge in [0, 0.05) is 17.7 Å². The summed E-state index contributed by atoms with van der Waals surface area (Å²) < 4.78 is 37.7.